The number of hydrogen-bond donors (Lipinski definition) is 3. The van der Waals surface area contributed by atoms with Gasteiger partial charge in [-0.15, -0.1) is 24.0 Å². The molecule has 1 aliphatic rings. The van der Waals surface area contributed by atoms with Crippen LogP contribution in [0.3, 0.4) is 0 Å². The molecular weight excluding hydrogens is 505 g/mol. The predicted molar refractivity (Wildman–Crippen MR) is 127 cm³/mol. The fourth-order valence-electron chi connectivity index (χ4n) is 3.29. The fraction of sp³-hybridized carbons (Fsp3) is 0.667. The van der Waals surface area contributed by atoms with E-state index in [1.807, 2.05) is 44.2 Å². The smallest absolute Gasteiger partial charge is 0.251 e. The zero-order chi connectivity index (χ0) is 21.1. The normalized spacial score (nSPS) is 18.0. The number of halogens is 3. The van der Waals surface area contributed by atoms with Crippen molar-refractivity contribution in [3.63, 3.8) is 0 Å². The summed E-state index contributed by atoms with van der Waals surface area (Å²) >= 11 is 0. The minimum Gasteiger partial charge on any atom is -0.389 e. The summed E-state index contributed by atoms with van der Waals surface area (Å²) in [6.45, 7) is 6.19. The molecule has 0 bridgehead atoms. The highest BCUT2D eigenvalue weighted by molar-refractivity contribution is 14.0. The molecule has 1 aromatic rings. The topological polar surface area (TPSA) is 69.1 Å². The molecule has 0 saturated carbocycles. The SMILES string of the molecule is CCNC(=NCC(O)COC(C)c1ccccc1)NC1CCN(CC(F)F)CC1.I. The minimum absolute atomic E-state index is 0. The maximum absolute atomic E-state index is 12.5. The van der Waals surface area contributed by atoms with Crippen molar-refractivity contribution in [3.05, 3.63) is 35.9 Å². The van der Waals surface area contributed by atoms with Gasteiger partial charge < -0.3 is 20.5 Å². The number of nitrogens with one attached hydrogen (secondary N) is 2. The Bertz CT molecular complexity index is 602. The number of aliphatic hydroxyl groups excluding tert-OH is 1. The van der Waals surface area contributed by atoms with Crippen molar-refractivity contribution >= 4 is 29.9 Å². The molecule has 9 heteroatoms. The Kier molecular flexibility index (Phi) is 13.4. The van der Waals surface area contributed by atoms with Crippen LogP contribution in [0, 0.1) is 0 Å². The van der Waals surface area contributed by atoms with Gasteiger partial charge in [0.1, 0.15) is 0 Å². The molecule has 1 saturated heterocycles. The fourth-order valence-corrected chi connectivity index (χ4v) is 3.29. The van der Waals surface area contributed by atoms with Crippen LogP contribution in [0.5, 0.6) is 0 Å². The number of piperidine rings is 1. The van der Waals surface area contributed by atoms with Crippen molar-refractivity contribution < 1.29 is 18.6 Å². The number of hydrogen-bond acceptors (Lipinski definition) is 4. The molecule has 0 aliphatic carbocycles. The zero-order valence-electron chi connectivity index (χ0n) is 17.8. The van der Waals surface area contributed by atoms with E-state index in [2.05, 4.69) is 15.6 Å². The van der Waals surface area contributed by atoms with Gasteiger partial charge >= 0.3 is 0 Å². The molecule has 6 nitrogen and oxygen atoms in total. The van der Waals surface area contributed by atoms with Crippen LogP contribution >= 0.6 is 24.0 Å². The number of nitrogens with zero attached hydrogens (tertiary/aromatic N) is 2. The van der Waals surface area contributed by atoms with Gasteiger partial charge in [0.15, 0.2) is 5.96 Å². The highest BCUT2D eigenvalue weighted by atomic mass is 127. The molecule has 0 amide bonds. The summed E-state index contributed by atoms with van der Waals surface area (Å²) in [5.74, 6) is 0.634. The maximum Gasteiger partial charge on any atom is 0.251 e. The van der Waals surface area contributed by atoms with E-state index in [1.54, 1.807) is 4.90 Å². The van der Waals surface area contributed by atoms with E-state index in [0.29, 0.717) is 25.6 Å². The number of ether oxygens (including phenoxy) is 1. The number of likely N-dealkylation sites (tertiary alicyclic amines) is 1. The van der Waals surface area contributed by atoms with Gasteiger partial charge in [-0.1, -0.05) is 30.3 Å². The lowest BCUT2D eigenvalue weighted by atomic mass is 10.1. The van der Waals surface area contributed by atoms with Gasteiger partial charge in [-0.25, -0.2) is 8.78 Å². The summed E-state index contributed by atoms with van der Waals surface area (Å²) < 4.78 is 30.7. The Morgan fingerprint density at radius 3 is 2.53 bits per heavy atom. The molecule has 1 heterocycles. The molecule has 3 N–H and O–H groups in total. The molecule has 30 heavy (non-hydrogen) atoms. The summed E-state index contributed by atoms with van der Waals surface area (Å²) in [7, 11) is 0. The second kappa shape index (κ2) is 14.9. The minimum atomic E-state index is -2.29. The number of aliphatic hydroxyl groups is 1. The first kappa shape index (κ1) is 27.0. The largest absolute Gasteiger partial charge is 0.389 e. The molecule has 1 aliphatic heterocycles. The van der Waals surface area contributed by atoms with Crippen LogP contribution in [-0.4, -0.2) is 73.9 Å². The van der Waals surface area contributed by atoms with Gasteiger partial charge in [0.2, 0.25) is 0 Å². The van der Waals surface area contributed by atoms with E-state index >= 15 is 0 Å². The van der Waals surface area contributed by atoms with Crippen LogP contribution in [0.15, 0.2) is 35.3 Å². The average molecular weight is 540 g/mol. The first-order chi connectivity index (χ1) is 14.0. The zero-order valence-corrected chi connectivity index (χ0v) is 20.1. The lowest BCUT2D eigenvalue weighted by Crippen LogP contribution is -2.49. The molecular formula is C21H35F2IN4O2. The van der Waals surface area contributed by atoms with Crippen molar-refractivity contribution in [2.24, 2.45) is 4.99 Å². The molecule has 0 radical (unpaired) electrons. The van der Waals surface area contributed by atoms with Crippen LogP contribution in [0.25, 0.3) is 0 Å². The molecule has 2 atom stereocenters. The van der Waals surface area contributed by atoms with E-state index in [-0.39, 0.29) is 55.8 Å². The second-order valence-electron chi connectivity index (χ2n) is 7.37. The van der Waals surface area contributed by atoms with Crippen LogP contribution in [0.1, 0.15) is 38.4 Å². The van der Waals surface area contributed by atoms with Crippen molar-refractivity contribution in [3.8, 4) is 0 Å². The third kappa shape index (κ3) is 10.3. The third-order valence-corrected chi connectivity index (χ3v) is 4.94. The van der Waals surface area contributed by atoms with E-state index in [4.69, 9.17) is 4.74 Å². The van der Waals surface area contributed by atoms with E-state index in [0.717, 1.165) is 18.4 Å². The van der Waals surface area contributed by atoms with Crippen molar-refractivity contribution in [2.45, 2.75) is 51.4 Å². The van der Waals surface area contributed by atoms with E-state index < -0.39 is 12.5 Å². The Labute approximate surface area is 195 Å². The summed E-state index contributed by atoms with van der Waals surface area (Å²) in [6.07, 6.45) is -1.51. The third-order valence-electron chi connectivity index (χ3n) is 4.94. The van der Waals surface area contributed by atoms with Gasteiger partial charge in [0.05, 0.1) is 31.9 Å². The quantitative estimate of drug-likeness (QED) is 0.242. The Morgan fingerprint density at radius 1 is 1.27 bits per heavy atom. The van der Waals surface area contributed by atoms with Crippen molar-refractivity contribution in [1.82, 2.24) is 15.5 Å². The van der Waals surface area contributed by atoms with Crippen LogP contribution in [-0.2, 0) is 4.74 Å². The molecule has 2 rings (SSSR count). The van der Waals surface area contributed by atoms with Crippen LogP contribution in [0.4, 0.5) is 8.78 Å². The first-order valence-electron chi connectivity index (χ1n) is 10.4. The predicted octanol–water partition coefficient (Wildman–Crippen LogP) is 3.03. The summed E-state index contributed by atoms with van der Waals surface area (Å²) in [5, 5.41) is 16.7. The number of alkyl halides is 2. The lowest BCUT2D eigenvalue weighted by Gasteiger charge is -2.32. The average Bonchev–Trinajstić information content (AvgIpc) is 2.72. The van der Waals surface area contributed by atoms with Gasteiger partial charge in [-0.05, 0) is 32.3 Å². The molecule has 172 valence electrons. The summed E-state index contributed by atoms with van der Waals surface area (Å²) in [6, 6.07) is 10.1. The summed E-state index contributed by atoms with van der Waals surface area (Å²) in [4.78, 5) is 6.25. The molecule has 1 aromatic carbocycles. The maximum atomic E-state index is 12.5. The number of benzene rings is 1. The van der Waals surface area contributed by atoms with E-state index in [9.17, 15) is 13.9 Å². The van der Waals surface area contributed by atoms with Gasteiger partial charge in [-0.3, -0.25) is 9.89 Å². The molecule has 0 aromatic heterocycles. The number of aliphatic imine (C=N–C) groups is 1. The Morgan fingerprint density at radius 2 is 1.93 bits per heavy atom. The molecule has 2 unspecified atom stereocenters. The second-order valence-corrected chi connectivity index (χ2v) is 7.37. The molecule has 0 spiro atoms. The van der Waals surface area contributed by atoms with Crippen LogP contribution < -0.4 is 10.6 Å². The molecule has 1 fully saturated rings. The highest BCUT2D eigenvalue weighted by Crippen LogP contribution is 2.16. The van der Waals surface area contributed by atoms with Crippen molar-refractivity contribution in [1.29, 1.82) is 0 Å². The van der Waals surface area contributed by atoms with Crippen molar-refractivity contribution in [2.75, 3.05) is 39.3 Å². The number of guanidine groups is 1. The van der Waals surface area contributed by atoms with Gasteiger partial charge in [0, 0.05) is 25.7 Å². The first-order valence-corrected chi connectivity index (χ1v) is 10.4. The van der Waals surface area contributed by atoms with Gasteiger partial charge in [-0.2, -0.15) is 0 Å². The highest BCUT2D eigenvalue weighted by Gasteiger charge is 2.22. The number of rotatable bonds is 10. The standard InChI is InChI=1S/C21H34F2N4O2.HI/c1-3-24-21(26-18-9-11-27(12-10-18)14-20(22)23)25-13-19(28)15-29-16(2)17-7-5-4-6-8-17;/h4-8,16,18-20,28H,3,9-15H2,1-2H3,(H2,24,25,26);1H. The Hall–Kier alpha value is -1.04. The lowest BCUT2D eigenvalue weighted by molar-refractivity contribution is 0.00110. The Balaban J connectivity index is 0.00000450. The van der Waals surface area contributed by atoms with E-state index in [1.165, 1.54) is 0 Å². The summed E-state index contributed by atoms with van der Waals surface area (Å²) in [5.41, 5.74) is 1.07. The monoisotopic (exact) mass is 540 g/mol. The van der Waals surface area contributed by atoms with Crippen LogP contribution in [0.2, 0.25) is 0 Å². The van der Waals surface area contributed by atoms with Gasteiger partial charge in [0.25, 0.3) is 6.43 Å².